The minimum atomic E-state index is 0.370. The number of benzene rings is 1. The van der Waals surface area contributed by atoms with Crippen molar-refractivity contribution < 1.29 is 0 Å². The molecule has 2 aliphatic rings. The van der Waals surface area contributed by atoms with Crippen molar-refractivity contribution in [3.8, 4) is 0 Å². The van der Waals surface area contributed by atoms with Crippen molar-refractivity contribution >= 4 is 11.5 Å². The van der Waals surface area contributed by atoms with Gasteiger partial charge in [0.25, 0.3) is 0 Å². The Labute approximate surface area is 140 Å². The molecule has 0 amide bonds. The maximum Gasteiger partial charge on any atom is 0.222 e. The van der Waals surface area contributed by atoms with E-state index in [9.17, 15) is 0 Å². The minimum Gasteiger partial charge on any atom is -0.345 e. The quantitative estimate of drug-likeness (QED) is 0.726. The zero-order valence-corrected chi connectivity index (χ0v) is 13.5. The second-order valence-corrected chi connectivity index (χ2v) is 7.06. The SMILES string of the molecule is c1ccc(C2N(c3nccn4nnnc34)CC23CCCCC3)cc1. The van der Waals surface area contributed by atoms with Gasteiger partial charge in [-0.1, -0.05) is 49.6 Å². The highest BCUT2D eigenvalue weighted by molar-refractivity contribution is 5.66. The van der Waals surface area contributed by atoms with Crippen LogP contribution < -0.4 is 4.90 Å². The predicted octanol–water partition coefficient (Wildman–Crippen LogP) is 3.03. The lowest BCUT2D eigenvalue weighted by atomic mass is 9.61. The number of fused-ring (bicyclic) bond motifs is 1. The molecule has 1 aliphatic heterocycles. The Balaban J connectivity index is 1.60. The average Bonchev–Trinajstić information content (AvgIpc) is 3.10. The fraction of sp³-hybridized carbons (Fsp3) is 0.444. The van der Waals surface area contributed by atoms with Gasteiger partial charge in [0.05, 0.1) is 12.2 Å². The number of aromatic nitrogens is 5. The van der Waals surface area contributed by atoms with E-state index in [1.807, 2.05) is 0 Å². The van der Waals surface area contributed by atoms with E-state index < -0.39 is 0 Å². The lowest BCUT2D eigenvalue weighted by molar-refractivity contribution is 0.0725. The largest absolute Gasteiger partial charge is 0.345 e. The fourth-order valence-electron chi connectivity index (χ4n) is 4.66. The summed E-state index contributed by atoms with van der Waals surface area (Å²) in [7, 11) is 0. The highest BCUT2D eigenvalue weighted by Crippen LogP contribution is 2.58. The van der Waals surface area contributed by atoms with Gasteiger partial charge in [0, 0.05) is 18.2 Å². The second-order valence-electron chi connectivity index (χ2n) is 7.06. The topological polar surface area (TPSA) is 59.2 Å². The van der Waals surface area contributed by atoms with E-state index in [1.165, 1.54) is 37.7 Å². The van der Waals surface area contributed by atoms with E-state index >= 15 is 0 Å². The van der Waals surface area contributed by atoms with Crippen LogP contribution in [0.15, 0.2) is 42.7 Å². The Hall–Kier alpha value is -2.50. The molecular weight excluding hydrogens is 300 g/mol. The molecule has 0 bridgehead atoms. The summed E-state index contributed by atoms with van der Waals surface area (Å²) in [5.41, 5.74) is 2.49. The third kappa shape index (κ3) is 1.95. The summed E-state index contributed by atoms with van der Waals surface area (Å²) in [5, 5.41) is 12.0. The number of nitrogens with zero attached hydrogens (tertiary/aromatic N) is 6. The van der Waals surface area contributed by atoms with Gasteiger partial charge >= 0.3 is 0 Å². The van der Waals surface area contributed by atoms with E-state index in [1.54, 1.807) is 16.9 Å². The molecule has 1 spiro atoms. The number of hydrogen-bond acceptors (Lipinski definition) is 5. The minimum absolute atomic E-state index is 0.370. The molecule has 6 nitrogen and oxygen atoms in total. The summed E-state index contributed by atoms with van der Waals surface area (Å²) >= 11 is 0. The van der Waals surface area contributed by atoms with Crippen LogP contribution in [0.2, 0.25) is 0 Å². The summed E-state index contributed by atoms with van der Waals surface area (Å²) in [4.78, 5) is 7.01. The van der Waals surface area contributed by atoms with Crippen LogP contribution in [0.1, 0.15) is 43.7 Å². The molecule has 3 heterocycles. The first kappa shape index (κ1) is 13.9. The Morgan fingerprint density at radius 3 is 2.71 bits per heavy atom. The molecule has 2 aromatic heterocycles. The van der Waals surface area contributed by atoms with Crippen LogP contribution in [0, 0.1) is 5.41 Å². The van der Waals surface area contributed by atoms with Crippen LogP contribution in [0.25, 0.3) is 5.65 Å². The Kier molecular flexibility index (Phi) is 3.04. The molecule has 2 fully saturated rings. The van der Waals surface area contributed by atoms with Gasteiger partial charge in [0.1, 0.15) is 0 Å². The molecule has 1 saturated heterocycles. The van der Waals surface area contributed by atoms with E-state index in [-0.39, 0.29) is 0 Å². The summed E-state index contributed by atoms with van der Waals surface area (Å²) in [5.74, 6) is 0.896. The van der Waals surface area contributed by atoms with Gasteiger partial charge in [0.15, 0.2) is 5.82 Å². The fourth-order valence-corrected chi connectivity index (χ4v) is 4.66. The van der Waals surface area contributed by atoms with Crippen molar-refractivity contribution in [2.75, 3.05) is 11.4 Å². The zero-order chi connectivity index (χ0) is 16.0. The normalized spacial score (nSPS) is 22.7. The molecular formula is C18H20N6. The molecule has 1 aliphatic carbocycles. The van der Waals surface area contributed by atoms with Crippen molar-refractivity contribution in [3.63, 3.8) is 0 Å². The highest BCUT2D eigenvalue weighted by atomic mass is 15.5. The van der Waals surface area contributed by atoms with E-state index in [0.717, 1.165) is 18.0 Å². The first-order chi connectivity index (χ1) is 11.9. The van der Waals surface area contributed by atoms with Gasteiger partial charge in [-0.15, -0.1) is 5.10 Å². The summed E-state index contributed by atoms with van der Waals surface area (Å²) < 4.78 is 1.70. The Bertz CT molecular complexity index is 852. The van der Waals surface area contributed by atoms with Crippen LogP contribution in [0.3, 0.4) is 0 Å². The van der Waals surface area contributed by atoms with Crippen molar-refractivity contribution in [1.82, 2.24) is 25.0 Å². The van der Waals surface area contributed by atoms with Gasteiger partial charge in [-0.2, -0.15) is 4.52 Å². The number of hydrogen-bond donors (Lipinski definition) is 0. The van der Waals surface area contributed by atoms with E-state index in [0.29, 0.717) is 11.5 Å². The molecule has 1 saturated carbocycles. The maximum atomic E-state index is 4.62. The molecule has 24 heavy (non-hydrogen) atoms. The standard InChI is InChI=1S/C18H20N6/c1-3-7-14(8-4-1)15-18(9-5-2-6-10-18)13-23(15)16-17-20-21-22-24(17)12-11-19-16/h1,3-4,7-8,11-12,15H,2,5-6,9-10,13H2. The molecule has 122 valence electrons. The van der Waals surface area contributed by atoms with Crippen LogP contribution in [0.5, 0.6) is 0 Å². The first-order valence-electron chi connectivity index (χ1n) is 8.72. The maximum absolute atomic E-state index is 4.62. The molecule has 0 radical (unpaired) electrons. The van der Waals surface area contributed by atoms with Crippen molar-refractivity contribution in [1.29, 1.82) is 0 Å². The lowest BCUT2D eigenvalue weighted by Gasteiger charge is -2.60. The van der Waals surface area contributed by atoms with Crippen molar-refractivity contribution in [2.45, 2.75) is 38.1 Å². The van der Waals surface area contributed by atoms with Gasteiger partial charge in [-0.05, 0) is 28.8 Å². The lowest BCUT2D eigenvalue weighted by Crippen LogP contribution is -2.60. The van der Waals surface area contributed by atoms with E-state index in [2.05, 4.69) is 55.7 Å². The second kappa shape index (κ2) is 5.26. The highest BCUT2D eigenvalue weighted by Gasteiger charge is 2.54. The monoisotopic (exact) mass is 320 g/mol. The zero-order valence-electron chi connectivity index (χ0n) is 13.5. The molecule has 5 rings (SSSR count). The van der Waals surface area contributed by atoms with Gasteiger partial charge in [-0.3, -0.25) is 0 Å². The van der Waals surface area contributed by atoms with Gasteiger partial charge in [0.2, 0.25) is 5.65 Å². The van der Waals surface area contributed by atoms with E-state index in [4.69, 9.17) is 0 Å². The smallest absolute Gasteiger partial charge is 0.222 e. The van der Waals surface area contributed by atoms with Crippen molar-refractivity contribution in [2.24, 2.45) is 5.41 Å². The molecule has 1 aromatic carbocycles. The third-order valence-electron chi connectivity index (χ3n) is 5.71. The Morgan fingerprint density at radius 2 is 1.88 bits per heavy atom. The van der Waals surface area contributed by atoms with Crippen LogP contribution in [0.4, 0.5) is 5.82 Å². The Morgan fingerprint density at radius 1 is 1.04 bits per heavy atom. The van der Waals surface area contributed by atoms with Gasteiger partial charge in [-0.25, -0.2) is 4.98 Å². The third-order valence-corrected chi connectivity index (χ3v) is 5.71. The number of tetrazole rings is 1. The number of rotatable bonds is 2. The van der Waals surface area contributed by atoms with Crippen LogP contribution in [-0.2, 0) is 0 Å². The van der Waals surface area contributed by atoms with Crippen LogP contribution in [-0.4, -0.2) is 31.6 Å². The van der Waals surface area contributed by atoms with Crippen molar-refractivity contribution in [3.05, 3.63) is 48.3 Å². The summed E-state index contributed by atoms with van der Waals surface area (Å²) in [6.07, 6.45) is 10.2. The number of anilines is 1. The van der Waals surface area contributed by atoms with Gasteiger partial charge < -0.3 is 4.90 Å². The molecule has 6 heteroatoms. The van der Waals surface area contributed by atoms with Crippen LogP contribution >= 0.6 is 0 Å². The first-order valence-corrected chi connectivity index (χ1v) is 8.72. The average molecular weight is 320 g/mol. The molecule has 3 aromatic rings. The molecule has 1 atom stereocenters. The molecule has 0 N–H and O–H groups in total. The predicted molar refractivity (Wildman–Crippen MR) is 90.6 cm³/mol. The summed E-state index contributed by atoms with van der Waals surface area (Å²) in [6, 6.07) is 11.2. The molecule has 1 unspecified atom stereocenters. The summed E-state index contributed by atoms with van der Waals surface area (Å²) in [6.45, 7) is 1.05.